The molecule has 1 aromatic carbocycles. The van der Waals surface area contributed by atoms with Gasteiger partial charge in [-0.3, -0.25) is 9.59 Å². The summed E-state index contributed by atoms with van der Waals surface area (Å²) in [4.78, 5) is 21.9. The number of ether oxygens (including phenoxy) is 1. The van der Waals surface area contributed by atoms with Crippen molar-refractivity contribution in [1.29, 1.82) is 0 Å². The molecule has 2 rings (SSSR count). The summed E-state index contributed by atoms with van der Waals surface area (Å²) in [5.74, 6) is 0.228. The average molecular weight is 218 g/mol. The van der Waals surface area contributed by atoms with Crippen LogP contribution in [-0.4, -0.2) is 11.8 Å². The Morgan fingerprint density at radius 1 is 1.19 bits per heavy atom. The molecule has 0 spiro atoms. The number of furan rings is 1. The van der Waals surface area contributed by atoms with Gasteiger partial charge >= 0.3 is 5.97 Å². The first-order chi connectivity index (χ1) is 7.56. The van der Waals surface area contributed by atoms with Crippen molar-refractivity contribution in [3.05, 3.63) is 30.0 Å². The molecule has 0 aliphatic rings. The topological polar surface area (TPSA) is 56.5 Å². The lowest BCUT2D eigenvalue weighted by atomic mass is 10.2. The third kappa shape index (κ3) is 1.95. The molecule has 2 aromatic rings. The molecular formula is C12H10O4. The van der Waals surface area contributed by atoms with Crippen molar-refractivity contribution in [2.24, 2.45) is 0 Å². The molecule has 1 aromatic heterocycles. The summed E-state index contributed by atoms with van der Waals surface area (Å²) in [6, 6.07) is 6.58. The van der Waals surface area contributed by atoms with Crippen LogP contribution < -0.4 is 4.74 Å². The van der Waals surface area contributed by atoms with E-state index < -0.39 is 0 Å². The summed E-state index contributed by atoms with van der Waals surface area (Å²) in [6.45, 7) is 2.77. The van der Waals surface area contributed by atoms with Crippen LogP contribution in [0.4, 0.5) is 0 Å². The quantitative estimate of drug-likeness (QED) is 0.441. The van der Waals surface area contributed by atoms with Gasteiger partial charge in [0.15, 0.2) is 11.5 Å². The molecule has 0 atom stereocenters. The van der Waals surface area contributed by atoms with Gasteiger partial charge in [0.2, 0.25) is 0 Å². The van der Waals surface area contributed by atoms with Crippen LogP contribution in [0.15, 0.2) is 28.7 Å². The van der Waals surface area contributed by atoms with E-state index in [4.69, 9.17) is 9.15 Å². The maximum atomic E-state index is 11.1. The molecule has 0 radical (unpaired) electrons. The highest BCUT2D eigenvalue weighted by Gasteiger charge is 2.08. The van der Waals surface area contributed by atoms with Gasteiger partial charge in [-0.25, -0.2) is 0 Å². The number of hydrogen-bond acceptors (Lipinski definition) is 4. The molecule has 0 aliphatic heterocycles. The first kappa shape index (κ1) is 10.4. The maximum absolute atomic E-state index is 11.1. The molecular weight excluding hydrogens is 208 g/mol. The molecule has 0 amide bonds. The lowest BCUT2D eigenvalue weighted by Gasteiger charge is -1.99. The predicted molar refractivity (Wildman–Crippen MR) is 57.5 cm³/mol. The van der Waals surface area contributed by atoms with Gasteiger partial charge in [0.05, 0.1) is 0 Å². The smallest absolute Gasteiger partial charge is 0.308 e. The van der Waals surface area contributed by atoms with Gasteiger partial charge in [0.25, 0.3) is 0 Å². The van der Waals surface area contributed by atoms with E-state index in [9.17, 15) is 9.59 Å². The fourth-order valence-electron chi connectivity index (χ4n) is 1.42. The summed E-state index contributed by atoms with van der Waals surface area (Å²) in [7, 11) is 0. The minimum Gasteiger partial charge on any atom is -0.453 e. The minimum absolute atomic E-state index is 0.134. The highest BCUT2D eigenvalue weighted by molar-refractivity contribution is 5.96. The summed E-state index contributed by atoms with van der Waals surface area (Å²) >= 11 is 0. The zero-order valence-corrected chi connectivity index (χ0v) is 8.94. The van der Waals surface area contributed by atoms with Crippen LogP contribution in [-0.2, 0) is 4.79 Å². The Morgan fingerprint density at radius 3 is 2.56 bits per heavy atom. The van der Waals surface area contributed by atoms with E-state index in [1.165, 1.54) is 13.8 Å². The second-order valence-electron chi connectivity index (χ2n) is 3.46. The summed E-state index contributed by atoms with van der Waals surface area (Å²) in [5.41, 5.74) is 0.598. The van der Waals surface area contributed by atoms with Crippen LogP contribution in [0.1, 0.15) is 24.4 Å². The zero-order valence-electron chi connectivity index (χ0n) is 8.94. The molecule has 1 heterocycles. The minimum atomic E-state index is -0.380. The first-order valence-electron chi connectivity index (χ1n) is 4.79. The molecule has 4 heteroatoms. The Labute approximate surface area is 91.8 Å². The maximum Gasteiger partial charge on any atom is 0.308 e. The molecule has 0 bridgehead atoms. The number of rotatable bonds is 2. The largest absolute Gasteiger partial charge is 0.453 e. The van der Waals surface area contributed by atoms with Gasteiger partial charge < -0.3 is 9.15 Å². The van der Waals surface area contributed by atoms with Crippen molar-refractivity contribution in [3.8, 4) is 5.75 Å². The normalized spacial score (nSPS) is 10.4. The number of Topliss-reactive ketones (excluding diaryl/α,β-unsaturated/α-hetero) is 1. The van der Waals surface area contributed by atoms with E-state index in [2.05, 4.69) is 0 Å². The van der Waals surface area contributed by atoms with Gasteiger partial charge in [0.1, 0.15) is 11.3 Å². The Morgan fingerprint density at radius 2 is 1.94 bits per heavy atom. The van der Waals surface area contributed by atoms with Crippen molar-refractivity contribution >= 4 is 22.7 Å². The van der Waals surface area contributed by atoms with E-state index >= 15 is 0 Å². The number of hydrogen-bond donors (Lipinski definition) is 0. The molecule has 0 aliphatic carbocycles. The second kappa shape index (κ2) is 3.81. The molecule has 0 saturated heterocycles. The van der Waals surface area contributed by atoms with Crippen LogP contribution in [0, 0.1) is 0 Å². The van der Waals surface area contributed by atoms with Crippen molar-refractivity contribution in [2.75, 3.05) is 0 Å². The van der Waals surface area contributed by atoms with E-state index in [0.29, 0.717) is 17.1 Å². The number of fused-ring (bicyclic) bond motifs is 1. The highest BCUT2D eigenvalue weighted by atomic mass is 16.5. The van der Waals surface area contributed by atoms with Crippen LogP contribution in [0.3, 0.4) is 0 Å². The molecule has 0 fully saturated rings. The van der Waals surface area contributed by atoms with Crippen LogP contribution >= 0.6 is 0 Å². The van der Waals surface area contributed by atoms with E-state index in [-0.39, 0.29) is 11.8 Å². The van der Waals surface area contributed by atoms with E-state index in [1.54, 1.807) is 24.3 Å². The Kier molecular flexibility index (Phi) is 2.48. The SMILES string of the molecule is CC(=O)Oc1ccc2oc(C(C)=O)cc2c1. The number of carbonyl (C=O) groups is 2. The van der Waals surface area contributed by atoms with Gasteiger partial charge in [-0.2, -0.15) is 0 Å². The second-order valence-corrected chi connectivity index (χ2v) is 3.46. The van der Waals surface area contributed by atoms with Crippen LogP contribution in [0.5, 0.6) is 5.75 Å². The van der Waals surface area contributed by atoms with Gasteiger partial charge in [-0.05, 0) is 24.3 Å². The van der Waals surface area contributed by atoms with Crippen LogP contribution in [0.2, 0.25) is 0 Å². The average Bonchev–Trinajstić information content (AvgIpc) is 2.59. The molecule has 16 heavy (non-hydrogen) atoms. The molecule has 0 saturated carbocycles. The monoisotopic (exact) mass is 218 g/mol. The van der Waals surface area contributed by atoms with E-state index in [0.717, 1.165) is 5.39 Å². The number of carbonyl (C=O) groups excluding carboxylic acids is 2. The fraction of sp³-hybridized carbons (Fsp3) is 0.167. The summed E-state index contributed by atoms with van der Waals surface area (Å²) < 4.78 is 10.2. The van der Waals surface area contributed by atoms with Crippen LogP contribution in [0.25, 0.3) is 11.0 Å². The zero-order chi connectivity index (χ0) is 11.7. The number of ketones is 1. The summed E-state index contributed by atoms with van der Waals surface area (Å²) in [5, 5.41) is 0.740. The van der Waals surface area contributed by atoms with Crippen molar-refractivity contribution < 1.29 is 18.7 Å². The van der Waals surface area contributed by atoms with E-state index in [1.807, 2.05) is 0 Å². The Balaban J connectivity index is 2.45. The lowest BCUT2D eigenvalue weighted by Crippen LogP contribution is -2.00. The number of esters is 1. The third-order valence-corrected chi connectivity index (χ3v) is 2.10. The van der Waals surface area contributed by atoms with Gasteiger partial charge in [0, 0.05) is 19.2 Å². The fourth-order valence-corrected chi connectivity index (χ4v) is 1.42. The molecule has 82 valence electrons. The Hall–Kier alpha value is -2.10. The summed E-state index contributed by atoms with van der Waals surface area (Å²) in [6.07, 6.45) is 0. The first-order valence-corrected chi connectivity index (χ1v) is 4.79. The van der Waals surface area contributed by atoms with Gasteiger partial charge in [-0.1, -0.05) is 0 Å². The lowest BCUT2D eigenvalue weighted by molar-refractivity contribution is -0.131. The molecule has 4 nitrogen and oxygen atoms in total. The van der Waals surface area contributed by atoms with Gasteiger partial charge in [-0.15, -0.1) is 0 Å². The standard InChI is InChI=1S/C12H10O4/c1-7(13)12-6-9-5-10(15-8(2)14)3-4-11(9)16-12/h3-6H,1-2H3. The third-order valence-electron chi connectivity index (χ3n) is 2.10. The highest BCUT2D eigenvalue weighted by Crippen LogP contribution is 2.24. The molecule has 0 N–H and O–H groups in total. The van der Waals surface area contributed by atoms with Crippen molar-refractivity contribution in [1.82, 2.24) is 0 Å². The molecule has 0 unspecified atom stereocenters. The van der Waals surface area contributed by atoms with Crippen molar-refractivity contribution in [3.63, 3.8) is 0 Å². The Bertz CT molecular complexity index is 565. The predicted octanol–water partition coefficient (Wildman–Crippen LogP) is 2.56. The number of benzene rings is 1. The van der Waals surface area contributed by atoms with Crippen molar-refractivity contribution in [2.45, 2.75) is 13.8 Å².